The van der Waals surface area contributed by atoms with Crippen LogP contribution in [0.3, 0.4) is 0 Å². The molecule has 0 saturated carbocycles. The van der Waals surface area contributed by atoms with Crippen LogP contribution in [0.4, 0.5) is 0 Å². The second-order valence-electron chi connectivity index (χ2n) is 4.28. The van der Waals surface area contributed by atoms with Crippen molar-refractivity contribution in [3.63, 3.8) is 0 Å². The third kappa shape index (κ3) is 3.18. The summed E-state index contributed by atoms with van der Waals surface area (Å²) in [5.74, 6) is -0.427. The average Bonchev–Trinajstić information content (AvgIpc) is 2.83. The van der Waals surface area contributed by atoms with E-state index in [0.717, 1.165) is 0 Å². The van der Waals surface area contributed by atoms with Gasteiger partial charge in [-0.05, 0) is 19.8 Å². The fourth-order valence-corrected chi connectivity index (χ4v) is 2.35. The lowest BCUT2D eigenvalue weighted by Crippen LogP contribution is -2.32. The third-order valence-corrected chi connectivity index (χ3v) is 3.44. The molecule has 0 aliphatic heterocycles. The van der Waals surface area contributed by atoms with Crippen molar-refractivity contribution < 1.29 is 9.90 Å². The molecule has 102 valence electrons. The average molecular weight is 281 g/mol. The van der Waals surface area contributed by atoms with Gasteiger partial charge in [-0.2, -0.15) is 0 Å². The molecule has 1 amide bonds. The molecule has 0 fully saturated rings. The lowest BCUT2D eigenvalue weighted by atomic mass is 10.2. The van der Waals surface area contributed by atoms with E-state index >= 15 is 0 Å². The van der Waals surface area contributed by atoms with Gasteiger partial charge >= 0.3 is 0 Å². The molecule has 1 atom stereocenters. The lowest BCUT2D eigenvalue weighted by Gasteiger charge is -2.06. The molecular formula is C12H15N3O3S. The van der Waals surface area contributed by atoms with Crippen molar-refractivity contribution in [1.29, 1.82) is 0 Å². The molecule has 7 heteroatoms. The number of aliphatic hydroxyl groups is 1. The summed E-state index contributed by atoms with van der Waals surface area (Å²) in [5.41, 5.74) is -0.327. The smallest absolute Gasteiger partial charge is 0.271 e. The summed E-state index contributed by atoms with van der Waals surface area (Å²) in [6.45, 7) is 2.12. The number of carbonyl (C=O) groups excluding carboxylic acids is 1. The maximum atomic E-state index is 12.0. The van der Waals surface area contributed by atoms with Crippen LogP contribution in [0.15, 0.2) is 22.6 Å². The van der Waals surface area contributed by atoms with E-state index in [1.165, 1.54) is 21.9 Å². The van der Waals surface area contributed by atoms with Gasteiger partial charge in [0.25, 0.3) is 11.5 Å². The first-order valence-corrected chi connectivity index (χ1v) is 6.88. The van der Waals surface area contributed by atoms with Crippen LogP contribution in [-0.4, -0.2) is 33.0 Å². The summed E-state index contributed by atoms with van der Waals surface area (Å²) >= 11 is 1.34. The van der Waals surface area contributed by atoms with Crippen LogP contribution in [0.2, 0.25) is 0 Å². The Hall–Kier alpha value is -1.73. The summed E-state index contributed by atoms with van der Waals surface area (Å²) in [5, 5.41) is 13.5. The molecule has 1 unspecified atom stereocenters. The molecule has 2 aromatic rings. The molecule has 19 heavy (non-hydrogen) atoms. The number of aromatic nitrogens is 2. The molecule has 0 radical (unpaired) electrons. The number of amides is 1. The monoisotopic (exact) mass is 281 g/mol. The largest absolute Gasteiger partial charge is 0.393 e. The highest BCUT2D eigenvalue weighted by molar-refractivity contribution is 7.15. The van der Waals surface area contributed by atoms with Crippen molar-refractivity contribution in [2.75, 3.05) is 6.54 Å². The molecule has 2 aromatic heterocycles. The van der Waals surface area contributed by atoms with Crippen molar-refractivity contribution in [1.82, 2.24) is 14.7 Å². The number of fused-ring (bicyclic) bond motifs is 1. The number of rotatable bonds is 5. The van der Waals surface area contributed by atoms with Gasteiger partial charge in [-0.1, -0.05) is 0 Å². The Bertz CT molecular complexity index is 632. The summed E-state index contributed by atoms with van der Waals surface area (Å²) in [6.07, 6.45) is 3.80. The van der Waals surface area contributed by atoms with Crippen molar-refractivity contribution in [3.05, 3.63) is 33.7 Å². The fraction of sp³-hybridized carbons (Fsp3) is 0.417. The molecule has 0 aliphatic rings. The first kappa shape index (κ1) is 13.7. The normalized spacial score (nSPS) is 12.5. The minimum Gasteiger partial charge on any atom is -0.393 e. The van der Waals surface area contributed by atoms with Crippen molar-refractivity contribution >= 4 is 22.2 Å². The highest BCUT2D eigenvalue weighted by atomic mass is 32.1. The minimum absolute atomic E-state index is 0.0351. The van der Waals surface area contributed by atoms with Crippen LogP contribution in [0.25, 0.3) is 4.96 Å². The van der Waals surface area contributed by atoms with Crippen molar-refractivity contribution in [3.8, 4) is 0 Å². The van der Waals surface area contributed by atoms with E-state index < -0.39 is 5.91 Å². The van der Waals surface area contributed by atoms with Gasteiger partial charge in [-0.15, -0.1) is 11.3 Å². The van der Waals surface area contributed by atoms with Gasteiger partial charge in [-0.25, -0.2) is 4.98 Å². The van der Waals surface area contributed by atoms with Crippen LogP contribution < -0.4 is 10.9 Å². The van der Waals surface area contributed by atoms with Gasteiger partial charge < -0.3 is 10.4 Å². The third-order valence-electron chi connectivity index (χ3n) is 2.67. The maximum Gasteiger partial charge on any atom is 0.271 e. The molecule has 6 nitrogen and oxygen atoms in total. The number of hydrogen-bond acceptors (Lipinski definition) is 5. The molecule has 0 bridgehead atoms. The first-order valence-electron chi connectivity index (χ1n) is 6.00. The quantitative estimate of drug-likeness (QED) is 0.788. The summed E-state index contributed by atoms with van der Waals surface area (Å²) in [6, 6.07) is 0. The van der Waals surface area contributed by atoms with Crippen molar-refractivity contribution in [2.45, 2.75) is 25.9 Å². The molecule has 2 N–H and O–H groups in total. The van der Waals surface area contributed by atoms with Crippen LogP contribution in [0, 0.1) is 0 Å². The van der Waals surface area contributed by atoms with E-state index in [1.54, 1.807) is 18.5 Å². The number of aliphatic hydroxyl groups excluding tert-OH is 1. The minimum atomic E-state index is -0.427. The van der Waals surface area contributed by atoms with Crippen LogP contribution in [0.1, 0.15) is 30.1 Å². The van der Waals surface area contributed by atoms with E-state index in [4.69, 9.17) is 5.11 Å². The van der Waals surface area contributed by atoms with E-state index in [9.17, 15) is 9.59 Å². The number of carbonyl (C=O) groups is 1. The topological polar surface area (TPSA) is 83.7 Å². The predicted octanol–water partition coefficient (Wildman–Crippen LogP) is 0.647. The summed E-state index contributed by atoms with van der Waals surface area (Å²) in [4.78, 5) is 28.5. The predicted molar refractivity (Wildman–Crippen MR) is 72.6 cm³/mol. The Balaban J connectivity index is 2.05. The van der Waals surface area contributed by atoms with Gasteiger partial charge in [0.1, 0.15) is 5.56 Å². The molecule has 0 spiro atoms. The Morgan fingerprint density at radius 2 is 2.42 bits per heavy atom. The maximum absolute atomic E-state index is 12.0. The van der Waals surface area contributed by atoms with Gasteiger partial charge in [-0.3, -0.25) is 14.0 Å². The number of nitrogens with zero attached hydrogens (tertiary/aromatic N) is 2. The Morgan fingerprint density at radius 3 is 3.16 bits per heavy atom. The SMILES string of the molecule is CC(O)CCCNC(=O)c1cnc2sccn2c1=O. The highest BCUT2D eigenvalue weighted by Gasteiger charge is 2.13. The van der Waals surface area contributed by atoms with Crippen LogP contribution in [-0.2, 0) is 0 Å². The highest BCUT2D eigenvalue weighted by Crippen LogP contribution is 2.05. The van der Waals surface area contributed by atoms with E-state index in [1.807, 2.05) is 0 Å². The second-order valence-corrected chi connectivity index (χ2v) is 5.15. The van der Waals surface area contributed by atoms with Gasteiger partial charge in [0.2, 0.25) is 0 Å². The summed E-state index contributed by atoms with van der Waals surface area (Å²) in [7, 11) is 0. The number of hydrogen-bond donors (Lipinski definition) is 2. The standard InChI is InChI=1S/C12H15N3O3S/c1-8(16)3-2-4-13-10(17)9-7-14-12-15(11(9)18)5-6-19-12/h5-8,16H,2-4H2,1H3,(H,13,17). The number of thiazole rings is 1. The zero-order valence-electron chi connectivity index (χ0n) is 10.5. The van der Waals surface area contributed by atoms with Gasteiger partial charge in [0.15, 0.2) is 4.96 Å². The zero-order chi connectivity index (χ0) is 13.8. The van der Waals surface area contributed by atoms with Gasteiger partial charge in [0.05, 0.1) is 6.10 Å². The second kappa shape index (κ2) is 5.94. The molecule has 0 saturated heterocycles. The molecule has 0 aromatic carbocycles. The van der Waals surface area contributed by atoms with Crippen LogP contribution in [0.5, 0.6) is 0 Å². The Kier molecular flexibility index (Phi) is 4.28. The zero-order valence-corrected chi connectivity index (χ0v) is 11.3. The molecule has 0 aliphatic carbocycles. The van der Waals surface area contributed by atoms with E-state index in [0.29, 0.717) is 24.3 Å². The van der Waals surface area contributed by atoms with Gasteiger partial charge in [0, 0.05) is 24.3 Å². The van der Waals surface area contributed by atoms with Crippen molar-refractivity contribution in [2.24, 2.45) is 0 Å². The fourth-order valence-electron chi connectivity index (χ4n) is 1.68. The summed E-state index contributed by atoms with van der Waals surface area (Å²) < 4.78 is 1.36. The molecular weight excluding hydrogens is 266 g/mol. The first-order chi connectivity index (χ1) is 9.09. The van der Waals surface area contributed by atoms with E-state index in [-0.39, 0.29) is 17.2 Å². The van der Waals surface area contributed by atoms with E-state index in [2.05, 4.69) is 10.3 Å². The van der Waals surface area contributed by atoms with Crippen LogP contribution >= 0.6 is 11.3 Å². The Morgan fingerprint density at radius 1 is 1.63 bits per heavy atom. The molecule has 2 rings (SSSR count). The number of nitrogens with one attached hydrogen (secondary N) is 1. The lowest BCUT2D eigenvalue weighted by molar-refractivity contribution is 0.0947. The molecule has 2 heterocycles. The Labute approximate surface area is 113 Å².